The number of terminal acetylenes is 2. The van der Waals surface area contributed by atoms with Gasteiger partial charge in [-0.2, -0.15) is 0 Å². The number of benzene rings is 2. The highest BCUT2D eigenvalue weighted by Gasteiger charge is 2.22. The Bertz CT molecular complexity index is 1900. The molecule has 16 heteroatoms. The van der Waals surface area contributed by atoms with Crippen LogP contribution in [0.4, 0.5) is 9.59 Å². The standard InChI is InChI=1S/C35H43ClN8O6.2C3H8.C2H6O.2C2H2/c1-6-16-43(30(45)18-38-34(47)49-4)20-29-41-32(33(36)42-29)26-14-10-24(11-15-26)23-8-12-25(13-9-23)27-17-37-28(40-27)21-44(22(3)7-2)31(46)19-39-35(48)50-5;3*1-3-2;2*1-2/h8-15,17,22H,6-7,16,18-21H2,1-5H3,(H,37,40)(H,38,47)(H,39,48)(H,41,42);2*3H2,1-2H3;1-2H3;2*1-2H/t22-;;;;;/m0...../s1. The third-order valence-electron chi connectivity index (χ3n) is 8.11. The molecule has 2 heterocycles. The summed E-state index contributed by atoms with van der Waals surface area (Å²) in [7, 11) is 5.74. The fourth-order valence-electron chi connectivity index (χ4n) is 5.18. The van der Waals surface area contributed by atoms with Gasteiger partial charge in [0.1, 0.15) is 35.6 Å². The predicted octanol–water partition coefficient (Wildman–Crippen LogP) is 8.96. The minimum Gasteiger partial charge on any atom is -0.453 e. The topological polar surface area (TPSA) is 184 Å². The van der Waals surface area contributed by atoms with Crippen LogP contribution in [0.1, 0.15) is 85.8 Å². The van der Waals surface area contributed by atoms with Crippen LogP contribution < -0.4 is 10.6 Å². The molecule has 0 saturated carbocycles. The zero-order valence-electron chi connectivity index (χ0n) is 39.0. The fourth-order valence-corrected chi connectivity index (χ4v) is 5.44. The summed E-state index contributed by atoms with van der Waals surface area (Å²) in [6, 6.07) is 15.8. The number of imidazole rings is 2. The predicted molar refractivity (Wildman–Crippen MR) is 254 cm³/mol. The van der Waals surface area contributed by atoms with Gasteiger partial charge in [-0.15, -0.1) is 25.7 Å². The molecule has 4 N–H and O–H groups in total. The maximum Gasteiger partial charge on any atom is 0.407 e. The Labute approximate surface area is 380 Å². The van der Waals surface area contributed by atoms with Crippen LogP contribution in [0.2, 0.25) is 5.15 Å². The van der Waals surface area contributed by atoms with Gasteiger partial charge in [0.25, 0.3) is 0 Å². The fraction of sp³-hybridized carbons (Fsp3) is 0.447. The lowest BCUT2D eigenvalue weighted by molar-refractivity contribution is -0.133. The van der Waals surface area contributed by atoms with Crippen LogP contribution in [0.25, 0.3) is 33.6 Å². The van der Waals surface area contributed by atoms with Crippen molar-refractivity contribution >= 4 is 35.6 Å². The molecule has 0 bridgehead atoms. The van der Waals surface area contributed by atoms with Crippen LogP contribution in [0.15, 0.2) is 54.7 Å². The second kappa shape index (κ2) is 35.3. The van der Waals surface area contributed by atoms with Crippen LogP contribution in [-0.4, -0.2) is 108 Å². The zero-order chi connectivity index (χ0) is 48.3. The first-order valence-electron chi connectivity index (χ1n) is 20.6. The smallest absolute Gasteiger partial charge is 0.407 e. The molecule has 2 aromatic carbocycles. The summed E-state index contributed by atoms with van der Waals surface area (Å²) in [5.74, 6) is 0.666. The van der Waals surface area contributed by atoms with Gasteiger partial charge >= 0.3 is 12.2 Å². The van der Waals surface area contributed by atoms with E-state index in [-0.39, 0.29) is 44.0 Å². The van der Waals surface area contributed by atoms with E-state index in [0.717, 1.165) is 40.8 Å². The Hall–Kier alpha value is -6.29. The summed E-state index contributed by atoms with van der Waals surface area (Å²) in [5, 5.41) is 5.22. The lowest BCUT2D eigenvalue weighted by Crippen LogP contribution is -2.44. The Morgan fingerprint density at radius 2 is 1.14 bits per heavy atom. The third-order valence-corrected chi connectivity index (χ3v) is 8.39. The first-order valence-corrected chi connectivity index (χ1v) is 21.0. The van der Waals surface area contributed by atoms with Crippen LogP contribution in [0, 0.1) is 25.7 Å². The van der Waals surface area contributed by atoms with Crippen LogP contribution in [-0.2, 0) is 36.9 Å². The van der Waals surface area contributed by atoms with E-state index in [4.69, 9.17) is 11.6 Å². The molecule has 15 nitrogen and oxygen atoms in total. The van der Waals surface area contributed by atoms with Gasteiger partial charge in [-0.05, 0) is 36.5 Å². The van der Waals surface area contributed by atoms with Gasteiger partial charge < -0.3 is 44.6 Å². The maximum absolute atomic E-state index is 12.8. The number of hydrogen-bond acceptors (Lipinski definition) is 9. The van der Waals surface area contributed by atoms with Crippen molar-refractivity contribution in [3.63, 3.8) is 0 Å². The molecule has 0 spiro atoms. The highest BCUT2D eigenvalue weighted by atomic mass is 35.5. The van der Waals surface area contributed by atoms with Crippen molar-refractivity contribution in [1.29, 1.82) is 0 Å². The molecular formula is C47H69ClN8O7. The first kappa shape index (κ1) is 58.8. The average Bonchev–Trinajstić information content (AvgIpc) is 3.94. The average molecular weight is 894 g/mol. The number of methoxy groups -OCH3 is 3. The van der Waals surface area contributed by atoms with Crippen molar-refractivity contribution in [1.82, 2.24) is 40.4 Å². The van der Waals surface area contributed by atoms with Gasteiger partial charge in [0, 0.05) is 32.4 Å². The van der Waals surface area contributed by atoms with Gasteiger partial charge in [-0.1, -0.05) is 115 Å². The van der Waals surface area contributed by atoms with Crippen molar-refractivity contribution in [3.05, 3.63) is 71.5 Å². The first-order chi connectivity index (χ1) is 30.3. The minimum absolute atomic E-state index is 0.0535. The largest absolute Gasteiger partial charge is 0.453 e. The van der Waals surface area contributed by atoms with Crippen molar-refractivity contribution in [2.24, 2.45) is 0 Å². The van der Waals surface area contributed by atoms with E-state index >= 15 is 0 Å². The van der Waals surface area contributed by atoms with Gasteiger partial charge in [-0.25, -0.2) is 19.6 Å². The number of rotatable bonds is 15. The molecule has 4 rings (SSSR count). The molecule has 0 saturated heterocycles. The summed E-state index contributed by atoms with van der Waals surface area (Å²) in [5.41, 5.74) is 5.14. The Balaban J connectivity index is 0. The van der Waals surface area contributed by atoms with E-state index in [1.807, 2.05) is 69.3 Å². The normalized spacial score (nSPS) is 9.97. The van der Waals surface area contributed by atoms with Crippen molar-refractivity contribution < 1.29 is 33.4 Å². The quantitative estimate of drug-likeness (QED) is 0.0847. The molecule has 63 heavy (non-hydrogen) atoms. The van der Waals surface area contributed by atoms with Gasteiger partial charge in [-0.3, -0.25) is 9.59 Å². The summed E-state index contributed by atoms with van der Waals surface area (Å²) in [6.45, 7) is 15.0. The lowest BCUT2D eigenvalue weighted by atomic mass is 10.0. The van der Waals surface area contributed by atoms with E-state index in [1.54, 1.807) is 30.2 Å². The van der Waals surface area contributed by atoms with E-state index in [0.29, 0.717) is 29.0 Å². The van der Waals surface area contributed by atoms with Crippen LogP contribution >= 0.6 is 11.6 Å². The van der Waals surface area contributed by atoms with E-state index < -0.39 is 12.2 Å². The molecule has 1 atom stereocenters. The van der Waals surface area contributed by atoms with Crippen LogP contribution in [0.3, 0.4) is 0 Å². The molecule has 4 aromatic rings. The third kappa shape index (κ3) is 21.9. The second-order valence-electron chi connectivity index (χ2n) is 13.4. The number of nitrogens with one attached hydrogen (secondary N) is 4. The van der Waals surface area contributed by atoms with E-state index in [1.165, 1.54) is 27.1 Å². The van der Waals surface area contributed by atoms with E-state index in [2.05, 4.69) is 98.2 Å². The Kier molecular flexibility index (Phi) is 33.0. The van der Waals surface area contributed by atoms with Crippen molar-refractivity contribution in [2.75, 3.05) is 48.1 Å². The number of hydrogen-bond donors (Lipinski definition) is 4. The minimum atomic E-state index is -0.673. The molecule has 0 aliphatic carbocycles. The number of alkyl carbamates (subject to hydrolysis) is 2. The number of ether oxygens (including phenoxy) is 3. The molecular weight excluding hydrogens is 824 g/mol. The molecule has 346 valence electrons. The number of halogens is 1. The summed E-state index contributed by atoms with van der Waals surface area (Å²) >= 11 is 6.53. The van der Waals surface area contributed by atoms with E-state index in [9.17, 15) is 19.2 Å². The summed E-state index contributed by atoms with van der Waals surface area (Å²) in [4.78, 5) is 67.2. The lowest BCUT2D eigenvalue weighted by Gasteiger charge is -2.27. The van der Waals surface area contributed by atoms with Crippen molar-refractivity contribution in [3.8, 4) is 59.3 Å². The molecule has 0 radical (unpaired) electrons. The zero-order valence-corrected chi connectivity index (χ0v) is 39.7. The number of carbonyl (C=O) groups is 4. The second-order valence-corrected chi connectivity index (χ2v) is 13.7. The summed E-state index contributed by atoms with van der Waals surface area (Å²) in [6.07, 6.45) is 20.4. The van der Waals surface area contributed by atoms with Gasteiger partial charge in [0.15, 0.2) is 0 Å². The van der Waals surface area contributed by atoms with Gasteiger partial charge in [0.2, 0.25) is 11.8 Å². The number of amides is 4. The molecule has 2 aromatic heterocycles. The molecule has 0 aliphatic heterocycles. The molecule has 0 fully saturated rings. The molecule has 4 amide bonds. The maximum atomic E-state index is 12.8. The monoisotopic (exact) mass is 892 g/mol. The number of nitrogens with zero attached hydrogens (tertiary/aromatic N) is 4. The van der Waals surface area contributed by atoms with Gasteiger partial charge in [0.05, 0.1) is 39.2 Å². The highest BCUT2D eigenvalue weighted by molar-refractivity contribution is 6.31. The van der Waals surface area contributed by atoms with Crippen LogP contribution in [0.5, 0.6) is 0 Å². The number of aromatic amines is 2. The number of H-pyrrole nitrogens is 2. The molecule has 0 aliphatic rings. The highest BCUT2D eigenvalue weighted by Crippen LogP contribution is 2.30. The van der Waals surface area contributed by atoms with Crippen molar-refractivity contribution in [2.45, 2.75) is 93.3 Å². The Morgan fingerprint density at radius 1 is 0.698 bits per heavy atom. The number of aromatic nitrogens is 4. The summed E-state index contributed by atoms with van der Waals surface area (Å²) < 4.78 is 13.4. The Morgan fingerprint density at radius 3 is 1.59 bits per heavy atom. The SMILES string of the molecule is C#C.C#C.CCC.CCC.CCCN(Cc1nc(-c2ccc(-c3ccc(-c4cnc(CN(C(=O)CNC(=O)OC)[C@@H](C)CC)[nH]4)cc3)cc2)c(Cl)[nH]1)C(=O)CNC(=O)OC.COC. The molecule has 0 unspecified atom stereocenters. The number of carbonyl (C=O) groups excluding carboxylic acids is 4.